The van der Waals surface area contributed by atoms with Crippen LogP contribution >= 0.6 is 0 Å². The molecule has 0 radical (unpaired) electrons. The molecule has 0 aromatic heterocycles. The van der Waals surface area contributed by atoms with Gasteiger partial charge in [-0.15, -0.1) is 0 Å². The molecule has 0 unspecified atom stereocenters. The Labute approximate surface area is 51.4 Å². The highest BCUT2D eigenvalue weighted by atomic mass is 19.1. The van der Waals surface area contributed by atoms with Gasteiger partial charge in [-0.3, -0.25) is 0 Å². The predicted octanol–water partition coefficient (Wildman–Crippen LogP) is 0.654. The maximum atomic E-state index is 11.1. The van der Waals surface area contributed by atoms with Crippen molar-refractivity contribution in [3.8, 4) is 11.8 Å². The van der Waals surface area contributed by atoms with Crippen molar-refractivity contribution in [2.75, 3.05) is 13.3 Å². The molecule has 0 atom stereocenters. The Hall–Kier alpha value is -1.24. The molecular formula is C5H5FO3. The first-order chi connectivity index (χ1) is 4.27. The van der Waals surface area contributed by atoms with Crippen molar-refractivity contribution in [1.82, 2.24) is 0 Å². The fraction of sp³-hybridized carbons (Fsp3) is 0.400. The van der Waals surface area contributed by atoms with Crippen molar-refractivity contribution < 1.29 is 19.0 Å². The van der Waals surface area contributed by atoms with E-state index in [4.69, 9.17) is 5.11 Å². The number of carbonyl (C=O) groups is 1. The Kier molecular flexibility index (Phi) is 4.23. The second kappa shape index (κ2) is 4.91. The highest BCUT2D eigenvalue weighted by molar-refractivity contribution is 5.57. The highest BCUT2D eigenvalue weighted by Gasteiger charge is 1.89. The Morgan fingerprint density at radius 1 is 1.67 bits per heavy atom. The van der Waals surface area contributed by atoms with Crippen LogP contribution in [-0.2, 0) is 4.74 Å². The van der Waals surface area contributed by atoms with Gasteiger partial charge in [-0.05, 0) is 0 Å². The lowest BCUT2D eigenvalue weighted by Gasteiger charge is -1.87. The van der Waals surface area contributed by atoms with Gasteiger partial charge in [0.15, 0.2) is 6.61 Å². The monoisotopic (exact) mass is 132 g/mol. The molecule has 0 aliphatic carbocycles. The predicted molar refractivity (Wildman–Crippen MR) is 27.7 cm³/mol. The minimum atomic E-state index is -1.40. The molecule has 0 aliphatic rings. The SMILES string of the molecule is O=C(O)OCC#CCF. The summed E-state index contributed by atoms with van der Waals surface area (Å²) in [5.74, 6) is 4.14. The zero-order valence-electron chi connectivity index (χ0n) is 4.56. The molecule has 9 heavy (non-hydrogen) atoms. The van der Waals surface area contributed by atoms with E-state index < -0.39 is 12.8 Å². The summed E-state index contributed by atoms with van der Waals surface area (Å²) in [6.45, 7) is -1.04. The van der Waals surface area contributed by atoms with E-state index >= 15 is 0 Å². The largest absolute Gasteiger partial charge is 0.506 e. The van der Waals surface area contributed by atoms with Gasteiger partial charge in [0, 0.05) is 0 Å². The molecule has 1 N–H and O–H groups in total. The quantitative estimate of drug-likeness (QED) is 0.421. The van der Waals surface area contributed by atoms with Gasteiger partial charge < -0.3 is 9.84 Å². The lowest BCUT2D eigenvalue weighted by molar-refractivity contribution is 0.103. The summed E-state index contributed by atoms with van der Waals surface area (Å²) in [5.41, 5.74) is 0. The average Bonchev–Trinajstić information content (AvgIpc) is 1.80. The molecule has 0 saturated carbocycles. The first-order valence-electron chi connectivity index (χ1n) is 2.14. The maximum Gasteiger partial charge on any atom is 0.506 e. The molecule has 0 aromatic rings. The summed E-state index contributed by atoms with van der Waals surface area (Å²) >= 11 is 0. The summed E-state index contributed by atoms with van der Waals surface area (Å²) in [4.78, 5) is 9.58. The van der Waals surface area contributed by atoms with Gasteiger partial charge in [0.1, 0.15) is 6.67 Å². The lowest BCUT2D eigenvalue weighted by Crippen LogP contribution is -1.99. The van der Waals surface area contributed by atoms with Crippen molar-refractivity contribution in [2.45, 2.75) is 0 Å². The fourth-order valence-corrected chi connectivity index (χ4v) is 0.196. The third-order valence-electron chi connectivity index (χ3n) is 0.460. The molecule has 0 fully saturated rings. The highest BCUT2D eigenvalue weighted by Crippen LogP contribution is 1.72. The minimum absolute atomic E-state index is 0.265. The summed E-state index contributed by atoms with van der Waals surface area (Å²) in [6, 6.07) is 0. The Bertz CT molecular complexity index is 144. The Balaban J connectivity index is 3.19. The van der Waals surface area contributed by atoms with E-state index in [1.807, 2.05) is 5.92 Å². The van der Waals surface area contributed by atoms with Crippen LogP contribution in [0.5, 0.6) is 0 Å². The van der Waals surface area contributed by atoms with Crippen LogP contribution in [0.3, 0.4) is 0 Å². The van der Waals surface area contributed by atoms with Crippen LogP contribution < -0.4 is 0 Å². The van der Waals surface area contributed by atoms with Crippen molar-refractivity contribution in [1.29, 1.82) is 0 Å². The topological polar surface area (TPSA) is 46.5 Å². The molecule has 0 amide bonds. The van der Waals surface area contributed by atoms with Crippen molar-refractivity contribution in [2.24, 2.45) is 0 Å². The minimum Gasteiger partial charge on any atom is -0.450 e. The van der Waals surface area contributed by atoms with Gasteiger partial charge in [-0.2, -0.15) is 0 Å². The van der Waals surface area contributed by atoms with Gasteiger partial charge in [-0.1, -0.05) is 11.8 Å². The molecule has 0 aliphatic heterocycles. The number of alkyl halides is 1. The zero-order valence-corrected chi connectivity index (χ0v) is 4.56. The van der Waals surface area contributed by atoms with Gasteiger partial charge in [-0.25, -0.2) is 9.18 Å². The molecule has 0 heterocycles. The molecular weight excluding hydrogens is 127 g/mol. The molecule has 0 aromatic carbocycles. The summed E-state index contributed by atoms with van der Waals surface area (Å²) < 4.78 is 15.1. The van der Waals surface area contributed by atoms with Crippen LogP contribution in [0.1, 0.15) is 0 Å². The number of hydrogen-bond donors (Lipinski definition) is 1. The van der Waals surface area contributed by atoms with Crippen LogP contribution in [0.25, 0.3) is 0 Å². The number of halogens is 1. The van der Waals surface area contributed by atoms with Crippen LogP contribution in [0.15, 0.2) is 0 Å². The Morgan fingerprint density at radius 3 is 2.78 bits per heavy atom. The third-order valence-corrected chi connectivity index (χ3v) is 0.460. The summed E-state index contributed by atoms with van der Waals surface area (Å²) in [6.07, 6.45) is -1.40. The van der Waals surface area contributed by atoms with Crippen LogP contribution in [-0.4, -0.2) is 24.5 Å². The van der Waals surface area contributed by atoms with E-state index in [0.29, 0.717) is 0 Å². The second-order valence-electron chi connectivity index (χ2n) is 1.04. The van der Waals surface area contributed by atoms with E-state index in [0.717, 1.165) is 0 Å². The van der Waals surface area contributed by atoms with Crippen LogP contribution in [0.2, 0.25) is 0 Å². The summed E-state index contributed by atoms with van der Waals surface area (Å²) in [7, 11) is 0. The number of rotatable bonds is 1. The molecule has 3 nitrogen and oxygen atoms in total. The van der Waals surface area contributed by atoms with E-state index in [1.54, 1.807) is 0 Å². The standard InChI is InChI=1S/C5H5FO3/c6-3-1-2-4-9-5(7)8/h3-4H2,(H,7,8). The first-order valence-corrected chi connectivity index (χ1v) is 2.14. The number of ether oxygens (including phenoxy) is 1. The molecule has 50 valence electrons. The average molecular weight is 132 g/mol. The second-order valence-corrected chi connectivity index (χ2v) is 1.04. The van der Waals surface area contributed by atoms with Gasteiger partial charge in [0.25, 0.3) is 0 Å². The molecule has 4 heteroatoms. The molecule has 0 saturated heterocycles. The van der Waals surface area contributed by atoms with Gasteiger partial charge >= 0.3 is 6.16 Å². The summed E-state index contributed by atoms with van der Waals surface area (Å²) in [5, 5.41) is 7.83. The van der Waals surface area contributed by atoms with Crippen molar-refractivity contribution in [3.05, 3.63) is 0 Å². The molecule has 0 spiro atoms. The molecule has 0 bridgehead atoms. The van der Waals surface area contributed by atoms with E-state index in [-0.39, 0.29) is 6.61 Å². The normalized spacial score (nSPS) is 7.22. The van der Waals surface area contributed by atoms with E-state index in [1.165, 1.54) is 0 Å². The van der Waals surface area contributed by atoms with Gasteiger partial charge in [0.05, 0.1) is 0 Å². The zero-order chi connectivity index (χ0) is 7.11. The van der Waals surface area contributed by atoms with E-state index in [9.17, 15) is 9.18 Å². The molecule has 0 rings (SSSR count). The number of carboxylic acid groups (broad SMARTS) is 1. The van der Waals surface area contributed by atoms with Crippen molar-refractivity contribution >= 4 is 6.16 Å². The lowest BCUT2D eigenvalue weighted by atomic mass is 10.6. The first kappa shape index (κ1) is 7.76. The van der Waals surface area contributed by atoms with Crippen LogP contribution in [0.4, 0.5) is 9.18 Å². The smallest absolute Gasteiger partial charge is 0.450 e. The fourth-order valence-electron chi connectivity index (χ4n) is 0.196. The maximum absolute atomic E-state index is 11.1. The third kappa shape index (κ3) is 6.76. The number of hydrogen-bond acceptors (Lipinski definition) is 2. The van der Waals surface area contributed by atoms with Gasteiger partial charge in [0.2, 0.25) is 0 Å². The Morgan fingerprint density at radius 2 is 2.33 bits per heavy atom. The van der Waals surface area contributed by atoms with E-state index in [2.05, 4.69) is 10.7 Å². The van der Waals surface area contributed by atoms with Crippen LogP contribution in [0, 0.1) is 11.8 Å². The van der Waals surface area contributed by atoms with Crippen molar-refractivity contribution in [3.63, 3.8) is 0 Å².